The Morgan fingerprint density at radius 3 is 2.14 bits per heavy atom. The summed E-state index contributed by atoms with van der Waals surface area (Å²) in [5.74, 6) is 1.64. The molecule has 0 aromatic rings. The van der Waals surface area contributed by atoms with Gasteiger partial charge in [-0.1, -0.05) is 33.6 Å². The van der Waals surface area contributed by atoms with Crippen LogP contribution in [-0.2, 0) is 9.53 Å². The summed E-state index contributed by atoms with van der Waals surface area (Å²) in [7, 11) is 1.85. The van der Waals surface area contributed by atoms with Crippen LogP contribution in [0.15, 0.2) is 0 Å². The first-order valence-corrected chi connectivity index (χ1v) is 8.53. The Kier molecular flexibility index (Phi) is 6.27. The van der Waals surface area contributed by atoms with Crippen LogP contribution in [0.2, 0.25) is 0 Å². The molecule has 1 fully saturated rings. The second-order valence-corrected chi connectivity index (χ2v) is 8.13. The normalized spacial score (nSPS) is 26.5. The first-order valence-electron chi connectivity index (χ1n) is 8.53. The zero-order chi connectivity index (χ0) is 16.3. The summed E-state index contributed by atoms with van der Waals surface area (Å²) in [6.07, 6.45) is 5.63. The van der Waals surface area contributed by atoms with Gasteiger partial charge in [0, 0.05) is 0 Å². The summed E-state index contributed by atoms with van der Waals surface area (Å²) in [5, 5.41) is 3.17. The molecule has 0 aromatic heterocycles. The van der Waals surface area contributed by atoms with Gasteiger partial charge in [0.2, 0.25) is 0 Å². The zero-order valence-corrected chi connectivity index (χ0v) is 15.1. The summed E-state index contributed by atoms with van der Waals surface area (Å²) >= 11 is 0. The van der Waals surface area contributed by atoms with Crippen molar-refractivity contribution in [2.45, 2.75) is 84.8 Å². The third kappa shape index (κ3) is 4.98. The lowest BCUT2D eigenvalue weighted by Gasteiger charge is -2.40. The Labute approximate surface area is 131 Å². The predicted molar refractivity (Wildman–Crippen MR) is 88.2 cm³/mol. The van der Waals surface area contributed by atoms with Crippen molar-refractivity contribution in [3.63, 3.8) is 0 Å². The molecule has 0 spiro atoms. The van der Waals surface area contributed by atoms with Crippen LogP contribution < -0.4 is 5.32 Å². The number of hydrogen-bond donors (Lipinski definition) is 1. The van der Waals surface area contributed by atoms with Crippen LogP contribution in [0.1, 0.15) is 73.6 Å². The first-order chi connectivity index (χ1) is 9.60. The highest BCUT2D eigenvalue weighted by Crippen LogP contribution is 2.37. The maximum atomic E-state index is 12.7. The maximum absolute atomic E-state index is 12.7. The molecule has 0 bridgehead atoms. The van der Waals surface area contributed by atoms with Crippen LogP contribution in [0.25, 0.3) is 0 Å². The molecule has 1 atom stereocenters. The van der Waals surface area contributed by atoms with Crippen LogP contribution in [0, 0.1) is 17.8 Å². The topological polar surface area (TPSA) is 38.3 Å². The number of hydrogen-bond acceptors (Lipinski definition) is 3. The third-order valence-corrected chi connectivity index (χ3v) is 5.17. The van der Waals surface area contributed by atoms with Crippen molar-refractivity contribution in [2.75, 3.05) is 7.05 Å². The van der Waals surface area contributed by atoms with Crippen LogP contribution in [0.5, 0.6) is 0 Å². The molecule has 1 aliphatic carbocycles. The van der Waals surface area contributed by atoms with E-state index in [1.54, 1.807) is 0 Å². The fourth-order valence-electron chi connectivity index (χ4n) is 3.49. The van der Waals surface area contributed by atoms with E-state index in [0.29, 0.717) is 11.8 Å². The fraction of sp³-hybridized carbons (Fsp3) is 0.944. The molecule has 0 amide bonds. The second kappa shape index (κ2) is 7.13. The van der Waals surface area contributed by atoms with E-state index in [1.807, 2.05) is 14.0 Å². The number of likely N-dealkylation sites (N-methyl/N-ethyl adjacent to an activating group) is 1. The van der Waals surface area contributed by atoms with Gasteiger partial charge < -0.3 is 10.1 Å². The molecule has 1 saturated carbocycles. The molecule has 1 aliphatic rings. The van der Waals surface area contributed by atoms with E-state index in [1.165, 1.54) is 25.7 Å². The van der Waals surface area contributed by atoms with Gasteiger partial charge in [-0.2, -0.15) is 0 Å². The molecule has 0 heterocycles. The average molecular weight is 297 g/mol. The van der Waals surface area contributed by atoms with E-state index in [4.69, 9.17) is 4.74 Å². The largest absolute Gasteiger partial charge is 0.458 e. The van der Waals surface area contributed by atoms with Crippen LogP contribution >= 0.6 is 0 Å². The zero-order valence-electron chi connectivity index (χ0n) is 15.1. The molecule has 1 unspecified atom stereocenters. The number of carbonyl (C=O) groups excluding carboxylic acids is 1. The molecule has 1 N–H and O–H groups in total. The summed E-state index contributed by atoms with van der Waals surface area (Å²) in [5.41, 5.74) is -0.959. The number of carbonyl (C=O) groups is 1. The Hall–Kier alpha value is -0.570. The number of ether oxygens (including phenoxy) is 1. The SMILES string of the molecule is CNC(C)(CC(C)C)C(=O)OC(C)(C)C1CCC(C)CC1. The van der Waals surface area contributed by atoms with Crippen molar-refractivity contribution in [3.8, 4) is 0 Å². The van der Waals surface area contributed by atoms with Gasteiger partial charge in [0.1, 0.15) is 11.1 Å². The van der Waals surface area contributed by atoms with Gasteiger partial charge in [-0.3, -0.25) is 4.79 Å². The third-order valence-electron chi connectivity index (χ3n) is 5.17. The van der Waals surface area contributed by atoms with Gasteiger partial charge >= 0.3 is 5.97 Å². The summed E-state index contributed by atoms with van der Waals surface area (Å²) in [6.45, 7) is 12.7. The van der Waals surface area contributed by atoms with Gasteiger partial charge in [-0.25, -0.2) is 0 Å². The lowest BCUT2D eigenvalue weighted by molar-refractivity contribution is -0.171. The van der Waals surface area contributed by atoms with Crippen LogP contribution in [0.3, 0.4) is 0 Å². The molecule has 0 aromatic carbocycles. The summed E-state index contributed by atoms with van der Waals surface area (Å²) in [6, 6.07) is 0. The average Bonchev–Trinajstić information content (AvgIpc) is 2.37. The number of nitrogens with one attached hydrogen (secondary N) is 1. The monoisotopic (exact) mass is 297 g/mol. The molecule has 0 saturated heterocycles. The molecular formula is C18H35NO2. The molecule has 21 heavy (non-hydrogen) atoms. The second-order valence-electron chi connectivity index (χ2n) is 8.13. The van der Waals surface area contributed by atoms with Crippen molar-refractivity contribution in [3.05, 3.63) is 0 Å². The summed E-state index contributed by atoms with van der Waals surface area (Å²) < 4.78 is 5.97. The molecule has 3 nitrogen and oxygen atoms in total. The lowest BCUT2D eigenvalue weighted by Crippen LogP contribution is -2.53. The quantitative estimate of drug-likeness (QED) is 0.748. The highest BCUT2D eigenvalue weighted by atomic mass is 16.6. The van der Waals surface area contributed by atoms with Gasteiger partial charge in [-0.05, 0) is 64.8 Å². The van der Waals surface area contributed by atoms with E-state index < -0.39 is 5.54 Å². The maximum Gasteiger partial charge on any atom is 0.326 e. The van der Waals surface area contributed by atoms with Crippen molar-refractivity contribution in [1.29, 1.82) is 0 Å². The van der Waals surface area contributed by atoms with Crippen molar-refractivity contribution >= 4 is 5.97 Å². The standard InChI is InChI=1S/C18H35NO2/c1-13(2)12-18(6,19-7)16(20)21-17(4,5)15-10-8-14(3)9-11-15/h13-15,19H,8-12H2,1-7H3. The molecule has 0 radical (unpaired) electrons. The van der Waals surface area contributed by atoms with Crippen molar-refractivity contribution < 1.29 is 9.53 Å². The highest BCUT2D eigenvalue weighted by molar-refractivity contribution is 5.80. The van der Waals surface area contributed by atoms with Crippen molar-refractivity contribution in [2.24, 2.45) is 17.8 Å². The Balaban J connectivity index is 2.70. The van der Waals surface area contributed by atoms with Gasteiger partial charge in [0.15, 0.2) is 0 Å². The van der Waals surface area contributed by atoms with E-state index in [2.05, 4.69) is 39.9 Å². The van der Waals surface area contributed by atoms with Gasteiger partial charge in [0.05, 0.1) is 0 Å². The van der Waals surface area contributed by atoms with E-state index in [0.717, 1.165) is 12.3 Å². The lowest BCUT2D eigenvalue weighted by atomic mass is 9.75. The first kappa shape index (κ1) is 18.5. The number of esters is 1. The highest BCUT2D eigenvalue weighted by Gasteiger charge is 2.41. The molecular weight excluding hydrogens is 262 g/mol. The fourth-order valence-corrected chi connectivity index (χ4v) is 3.49. The Morgan fingerprint density at radius 1 is 1.19 bits per heavy atom. The smallest absolute Gasteiger partial charge is 0.326 e. The Morgan fingerprint density at radius 2 is 1.71 bits per heavy atom. The van der Waals surface area contributed by atoms with E-state index in [-0.39, 0.29) is 11.6 Å². The van der Waals surface area contributed by atoms with Crippen LogP contribution in [0.4, 0.5) is 0 Å². The minimum atomic E-state index is -0.590. The van der Waals surface area contributed by atoms with Crippen molar-refractivity contribution in [1.82, 2.24) is 5.32 Å². The van der Waals surface area contributed by atoms with Crippen LogP contribution in [-0.4, -0.2) is 24.2 Å². The molecule has 3 heteroatoms. The van der Waals surface area contributed by atoms with E-state index in [9.17, 15) is 4.79 Å². The minimum absolute atomic E-state index is 0.109. The minimum Gasteiger partial charge on any atom is -0.458 e. The molecule has 1 rings (SSSR count). The Bertz CT molecular complexity index is 343. The summed E-state index contributed by atoms with van der Waals surface area (Å²) in [4.78, 5) is 12.7. The molecule has 0 aliphatic heterocycles. The predicted octanol–water partition coefficient (Wildman–Crippen LogP) is 4.16. The van der Waals surface area contributed by atoms with E-state index >= 15 is 0 Å². The van der Waals surface area contributed by atoms with Gasteiger partial charge in [-0.15, -0.1) is 0 Å². The van der Waals surface area contributed by atoms with Gasteiger partial charge in [0.25, 0.3) is 0 Å². The number of rotatable bonds is 6. The molecule has 124 valence electrons.